The van der Waals surface area contributed by atoms with E-state index in [1.807, 2.05) is 21.0 Å². The second-order valence-corrected chi connectivity index (χ2v) is 2.06. The molecule has 0 atom stereocenters. The first-order valence-corrected chi connectivity index (χ1v) is 2.71. The monoisotopic (exact) mass is 127 g/mol. The third kappa shape index (κ3) is 3.58. The minimum Gasteiger partial charge on any atom is -0.398 e. The first-order chi connectivity index (χ1) is 4.04. The highest BCUT2D eigenvalue weighted by Gasteiger charge is 1.90. The van der Waals surface area contributed by atoms with Gasteiger partial charge < -0.3 is 10.7 Å². The number of hydrazone groups is 1. The molecular weight excluding hydrogens is 114 g/mol. The molecule has 9 heavy (non-hydrogen) atoms. The van der Waals surface area contributed by atoms with Crippen LogP contribution in [-0.2, 0) is 0 Å². The largest absolute Gasteiger partial charge is 0.398 e. The molecule has 0 fully saturated rings. The number of hydrogen-bond donors (Lipinski definition) is 1. The minimum absolute atomic E-state index is 0.517. The van der Waals surface area contributed by atoms with Gasteiger partial charge in [0.1, 0.15) is 0 Å². The van der Waals surface area contributed by atoms with Crippen molar-refractivity contribution in [2.75, 3.05) is 14.1 Å². The van der Waals surface area contributed by atoms with Crippen molar-refractivity contribution in [2.24, 2.45) is 10.8 Å². The van der Waals surface area contributed by atoms with Crippen molar-refractivity contribution in [3.8, 4) is 0 Å². The van der Waals surface area contributed by atoms with E-state index in [1.165, 1.54) is 0 Å². The molecule has 0 radical (unpaired) electrons. The molecule has 0 unspecified atom stereocenters. The van der Waals surface area contributed by atoms with E-state index >= 15 is 0 Å². The van der Waals surface area contributed by atoms with Crippen LogP contribution in [0.4, 0.5) is 0 Å². The molecular formula is C6H13N3. The third-order valence-electron chi connectivity index (χ3n) is 0.815. The average Bonchev–Trinajstić information content (AvgIpc) is 1.63. The van der Waals surface area contributed by atoms with Crippen molar-refractivity contribution in [1.82, 2.24) is 5.01 Å². The zero-order valence-corrected chi connectivity index (χ0v) is 6.18. The van der Waals surface area contributed by atoms with Gasteiger partial charge in [0.25, 0.3) is 0 Å². The van der Waals surface area contributed by atoms with E-state index < -0.39 is 0 Å². The summed E-state index contributed by atoms with van der Waals surface area (Å²) >= 11 is 0. The first kappa shape index (κ1) is 8.01. The van der Waals surface area contributed by atoms with Gasteiger partial charge in [-0.1, -0.05) is 6.58 Å². The number of nitrogens with zero attached hydrogens (tertiary/aromatic N) is 2. The number of allylic oxidation sites excluding steroid dienone is 1. The Bertz CT molecular complexity index is 135. The second-order valence-electron chi connectivity index (χ2n) is 2.06. The number of nitrogens with two attached hydrogens (primary N) is 1. The van der Waals surface area contributed by atoms with Crippen LogP contribution in [0.15, 0.2) is 17.4 Å². The summed E-state index contributed by atoms with van der Waals surface area (Å²) in [5, 5.41) is 5.69. The van der Waals surface area contributed by atoms with Crippen LogP contribution in [0.3, 0.4) is 0 Å². The lowest BCUT2D eigenvalue weighted by Gasteiger charge is -2.05. The fraction of sp³-hybridized carbons (Fsp3) is 0.500. The predicted molar refractivity (Wildman–Crippen MR) is 40.1 cm³/mol. The Labute approximate surface area is 55.8 Å². The molecule has 0 spiro atoms. The molecule has 0 heterocycles. The molecule has 3 heteroatoms. The summed E-state index contributed by atoms with van der Waals surface area (Å²) in [4.78, 5) is 0. The van der Waals surface area contributed by atoms with Gasteiger partial charge in [-0.15, -0.1) is 0 Å². The lowest BCUT2D eigenvalue weighted by atomic mass is 10.3. The summed E-state index contributed by atoms with van der Waals surface area (Å²) in [6, 6.07) is 0. The topological polar surface area (TPSA) is 41.6 Å². The first-order valence-electron chi connectivity index (χ1n) is 2.71. The summed E-state index contributed by atoms with van der Waals surface area (Å²) < 4.78 is 0. The van der Waals surface area contributed by atoms with Gasteiger partial charge in [0.15, 0.2) is 0 Å². The minimum atomic E-state index is 0.517. The zero-order valence-electron chi connectivity index (χ0n) is 6.18. The molecule has 52 valence electrons. The summed E-state index contributed by atoms with van der Waals surface area (Å²) in [7, 11) is 3.68. The van der Waals surface area contributed by atoms with Crippen LogP contribution in [0.25, 0.3) is 0 Å². The lowest BCUT2D eigenvalue weighted by molar-refractivity contribution is 0.437. The molecule has 3 nitrogen and oxygen atoms in total. The van der Waals surface area contributed by atoms with Crippen LogP contribution in [0.1, 0.15) is 6.92 Å². The molecule has 0 amide bonds. The van der Waals surface area contributed by atoms with E-state index in [1.54, 1.807) is 5.01 Å². The maximum atomic E-state index is 5.33. The summed E-state index contributed by atoms with van der Waals surface area (Å²) in [6.07, 6.45) is 0. The second kappa shape index (κ2) is 3.12. The van der Waals surface area contributed by atoms with E-state index in [-0.39, 0.29) is 0 Å². The maximum Gasteiger partial charge on any atom is 0.0796 e. The van der Waals surface area contributed by atoms with Gasteiger partial charge in [0.05, 0.1) is 5.71 Å². The van der Waals surface area contributed by atoms with E-state index in [0.29, 0.717) is 5.70 Å². The van der Waals surface area contributed by atoms with Crippen molar-refractivity contribution in [3.63, 3.8) is 0 Å². The van der Waals surface area contributed by atoms with Gasteiger partial charge >= 0.3 is 0 Å². The summed E-state index contributed by atoms with van der Waals surface area (Å²) in [5.74, 6) is 0. The van der Waals surface area contributed by atoms with Crippen molar-refractivity contribution in [2.45, 2.75) is 6.92 Å². The Balaban J connectivity index is 4.00. The van der Waals surface area contributed by atoms with Crippen molar-refractivity contribution in [1.29, 1.82) is 0 Å². The van der Waals surface area contributed by atoms with Crippen LogP contribution in [0.5, 0.6) is 0 Å². The molecule has 0 aromatic carbocycles. The Morgan fingerprint density at radius 3 is 2.11 bits per heavy atom. The quantitative estimate of drug-likeness (QED) is 0.431. The van der Waals surface area contributed by atoms with Gasteiger partial charge in [-0.25, -0.2) is 0 Å². The molecule has 2 N–H and O–H groups in total. The van der Waals surface area contributed by atoms with E-state index in [4.69, 9.17) is 5.73 Å². The zero-order chi connectivity index (χ0) is 7.44. The maximum absolute atomic E-state index is 5.33. The van der Waals surface area contributed by atoms with Gasteiger partial charge in [0.2, 0.25) is 0 Å². The van der Waals surface area contributed by atoms with E-state index in [0.717, 1.165) is 5.71 Å². The highest BCUT2D eigenvalue weighted by atomic mass is 15.4. The molecule has 0 aliphatic rings. The van der Waals surface area contributed by atoms with Crippen LogP contribution < -0.4 is 5.73 Å². The molecule has 0 aromatic rings. The molecule has 0 saturated carbocycles. The number of rotatable bonds is 2. The average molecular weight is 127 g/mol. The third-order valence-corrected chi connectivity index (χ3v) is 0.815. The van der Waals surface area contributed by atoms with Crippen LogP contribution >= 0.6 is 0 Å². The van der Waals surface area contributed by atoms with Crippen LogP contribution in [0, 0.1) is 0 Å². The van der Waals surface area contributed by atoms with Crippen LogP contribution in [-0.4, -0.2) is 24.8 Å². The predicted octanol–water partition coefficient (Wildman–Crippen LogP) is 0.396. The summed E-state index contributed by atoms with van der Waals surface area (Å²) in [5.41, 5.74) is 6.61. The highest BCUT2D eigenvalue weighted by Crippen LogP contribution is 1.86. The van der Waals surface area contributed by atoms with Crippen molar-refractivity contribution >= 4 is 5.71 Å². The van der Waals surface area contributed by atoms with Gasteiger partial charge in [-0.05, 0) is 6.92 Å². The Morgan fingerprint density at radius 1 is 1.56 bits per heavy atom. The molecule has 0 saturated heterocycles. The van der Waals surface area contributed by atoms with Gasteiger partial charge in [-0.2, -0.15) is 5.10 Å². The number of hydrogen-bond acceptors (Lipinski definition) is 3. The molecule has 0 bridgehead atoms. The highest BCUT2D eigenvalue weighted by molar-refractivity contribution is 5.96. The Hall–Kier alpha value is -0.990. The van der Waals surface area contributed by atoms with Gasteiger partial charge in [0, 0.05) is 19.8 Å². The normalized spacial score (nSPS) is 11.2. The molecule has 0 aromatic heterocycles. The van der Waals surface area contributed by atoms with Crippen molar-refractivity contribution < 1.29 is 0 Å². The summed E-state index contributed by atoms with van der Waals surface area (Å²) in [6.45, 7) is 5.35. The smallest absolute Gasteiger partial charge is 0.0796 e. The molecule has 0 aliphatic heterocycles. The Morgan fingerprint density at radius 2 is 2.00 bits per heavy atom. The SMILES string of the molecule is C=C(N)/C(C)=N\N(C)C. The standard InChI is InChI=1S/C6H13N3/c1-5(7)6(2)8-9(3)4/h1,7H2,2-4H3/b8-6-. The fourth-order valence-corrected chi connectivity index (χ4v) is 0.364. The van der Waals surface area contributed by atoms with E-state index in [9.17, 15) is 0 Å². The van der Waals surface area contributed by atoms with Crippen molar-refractivity contribution in [3.05, 3.63) is 12.3 Å². The van der Waals surface area contributed by atoms with Crippen LogP contribution in [0.2, 0.25) is 0 Å². The Kier molecular flexibility index (Phi) is 2.78. The molecule has 0 rings (SSSR count). The fourth-order valence-electron chi connectivity index (χ4n) is 0.364. The lowest BCUT2D eigenvalue weighted by Crippen LogP contribution is -2.11. The van der Waals surface area contributed by atoms with Gasteiger partial charge in [-0.3, -0.25) is 0 Å². The molecule has 0 aliphatic carbocycles. The van der Waals surface area contributed by atoms with E-state index in [2.05, 4.69) is 11.7 Å².